The summed E-state index contributed by atoms with van der Waals surface area (Å²) in [6, 6.07) is 0. The molecule has 0 aromatic carbocycles. The normalized spacial score (nSPS) is 17.6. The second-order valence-corrected chi connectivity index (χ2v) is 4.01. The maximum Gasteiger partial charge on any atom is 0.318 e. The first-order chi connectivity index (χ1) is 8.72. The lowest BCUT2D eigenvalue weighted by Gasteiger charge is -2.24. The second kappa shape index (κ2) is 5.81. The van der Waals surface area contributed by atoms with Crippen molar-refractivity contribution in [2.45, 2.75) is 19.8 Å². The number of rotatable bonds is 4. The number of carbonyl (C=O) groups is 1. The number of aromatic nitrogens is 2. The van der Waals surface area contributed by atoms with E-state index < -0.39 is 5.92 Å². The lowest BCUT2D eigenvalue weighted by molar-refractivity contribution is -0.145. The number of ether oxygens (including phenoxy) is 2. The summed E-state index contributed by atoms with van der Waals surface area (Å²) in [6.45, 7) is 6.55. The molecule has 0 radical (unpaired) electrons. The molecule has 1 aromatic rings. The number of hydrogen-bond donors (Lipinski definition) is 0. The summed E-state index contributed by atoms with van der Waals surface area (Å²) in [5, 5.41) is 3.88. The molecule has 0 bridgehead atoms. The van der Waals surface area contributed by atoms with Crippen molar-refractivity contribution >= 4 is 11.9 Å². The van der Waals surface area contributed by atoms with Gasteiger partial charge < -0.3 is 18.9 Å². The minimum Gasteiger partial charge on any atom is -0.465 e. The number of nitrogens with zero attached hydrogens (tertiary/aromatic N) is 3. The molecule has 1 fully saturated rings. The average Bonchev–Trinajstić information content (AvgIpc) is 2.89. The summed E-state index contributed by atoms with van der Waals surface area (Å²) < 4.78 is 15.3. The molecule has 1 saturated heterocycles. The fourth-order valence-corrected chi connectivity index (χ4v) is 1.66. The topological polar surface area (TPSA) is 77.7 Å². The van der Waals surface area contributed by atoms with Crippen LogP contribution in [0.1, 0.15) is 25.7 Å². The van der Waals surface area contributed by atoms with Crippen molar-refractivity contribution in [3.05, 3.63) is 5.89 Å². The molecular formula is C11H17N3O4. The highest BCUT2D eigenvalue weighted by Crippen LogP contribution is 2.18. The first-order valence-electron chi connectivity index (χ1n) is 6.05. The third-order valence-electron chi connectivity index (χ3n) is 2.74. The molecule has 1 aliphatic rings. The van der Waals surface area contributed by atoms with E-state index in [1.54, 1.807) is 13.8 Å². The van der Waals surface area contributed by atoms with E-state index in [4.69, 9.17) is 14.0 Å². The molecule has 1 aliphatic heterocycles. The van der Waals surface area contributed by atoms with Crippen molar-refractivity contribution in [1.29, 1.82) is 0 Å². The predicted molar refractivity (Wildman–Crippen MR) is 62.4 cm³/mol. The van der Waals surface area contributed by atoms with Gasteiger partial charge in [-0.2, -0.15) is 4.98 Å². The standard InChI is InChI=1S/C11H17N3O4/c1-3-17-10(15)8(2)9-12-11(13-18-9)14-4-6-16-7-5-14/h8H,3-7H2,1-2H3. The predicted octanol–water partition coefficient (Wildman–Crippen LogP) is 0.573. The molecule has 2 heterocycles. The van der Waals surface area contributed by atoms with Crippen molar-refractivity contribution in [2.75, 3.05) is 37.8 Å². The smallest absolute Gasteiger partial charge is 0.318 e. The van der Waals surface area contributed by atoms with Crippen LogP contribution in [0.4, 0.5) is 5.95 Å². The summed E-state index contributed by atoms with van der Waals surface area (Å²) in [7, 11) is 0. The Labute approximate surface area is 105 Å². The Morgan fingerprint density at radius 1 is 1.50 bits per heavy atom. The SMILES string of the molecule is CCOC(=O)C(C)c1nc(N2CCOCC2)no1. The fourth-order valence-electron chi connectivity index (χ4n) is 1.66. The van der Waals surface area contributed by atoms with Gasteiger partial charge in [-0.3, -0.25) is 4.79 Å². The van der Waals surface area contributed by atoms with Gasteiger partial charge in [-0.15, -0.1) is 0 Å². The van der Waals surface area contributed by atoms with Gasteiger partial charge in [-0.1, -0.05) is 0 Å². The Balaban J connectivity index is 2.02. The van der Waals surface area contributed by atoms with Crippen LogP contribution in [0, 0.1) is 0 Å². The van der Waals surface area contributed by atoms with Crippen LogP contribution in [-0.2, 0) is 14.3 Å². The molecule has 7 heteroatoms. The zero-order valence-electron chi connectivity index (χ0n) is 10.6. The molecule has 7 nitrogen and oxygen atoms in total. The largest absolute Gasteiger partial charge is 0.465 e. The van der Waals surface area contributed by atoms with Gasteiger partial charge in [-0.05, 0) is 19.0 Å². The minimum absolute atomic E-state index is 0.287. The number of esters is 1. The van der Waals surface area contributed by atoms with Gasteiger partial charge in [0.1, 0.15) is 5.92 Å². The van der Waals surface area contributed by atoms with Crippen molar-refractivity contribution in [3.8, 4) is 0 Å². The molecule has 0 N–H and O–H groups in total. The van der Waals surface area contributed by atoms with Gasteiger partial charge in [0.2, 0.25) is 5.89 Å². The van der Waals surface area contributed by atoms with Crippen molar-refractivity contribution in [1.82, 2.24) is 10.1 Å². The Morgan fingerprint density at radius 3 is 2.89 bits per heavy atom. The van der Waals surface area contributed by atoms with Crippen LogP contribution in [0.2, 0.25) is 0 Å². The number of anilines is 1. The quantitative estimate of drug-likeness (QED) is 0.728. The molecule has 1 unspecified atom stereocenters. The lowest BCUT2D eigenvalue weighted by atomic mass is 10.2. The van der Waals surface area contributed by atoms with Gasteiger partial charge in [0.05, 0.1) is 19.8 Å². The Kier molecular flexibility index (Phi) is 4.14. The summed E-state index contributed by atoms with van der Waals surface area (Å²) in [5.41, 5.74) is 0. The molecular weight excluding hydrogens is 238 g/mol. The van der Waals surface area contributed by atoms with Crippen molar-refractivity contribution in [2.24, 2.45) is 0 Å². The van der Waals surface area contributed by atoms with Crippen LogP contribution in [0.15, 0.2) is 4.52 Å². The number of hydrogen-bond acceptors (Lipinski definition) is 7. The summed E-state index contributed by atoms with van der Waals surface area (Å²) in [6.07, 6.45) is 0. The van der Waals surface area contributed by atoms with Crippen molar-refractivity contribution in [3.63, 3.8) is 0 Å². The summed E-state index contributed by atoms with van der Waals surface area (Å²) in [5.74, 6) is -0.0960. The van der Waals surface area contributed by atoms with E-state index in [-0.39, 0.29) is 11.9 Å². The highest BCUT2D eigenvalue weighted by molar-refractivity contribution is 5.76. The van der Waals surface area contributed by atoms with Gasteiger partial charge in [0.15, 0.2) is 0 Å². The minimum atomic E-state index is -0.535. The van der Waals surface area contributed by atoms with Crippen LogP contribution in [0.25, 0.3) is 0 Å². The third kappa shape index (κ3) is 2.79. The van der Waals surface area contributed by atoms with E-state index in [0.717, 1.165) is 13.1 Å². The first kappa shape index (κ1) is 12.8. The molecule has 1 atom stereocenters. The highest BCUT2D eigenvalue weighted by Gasteiger charge is 2.25. The number of morpholine rings is 1. The maximum absolute atomic E-state index is 11.5. The van der Waals surface area contributed by atoms with E-state index in [1.165, 1.54) is 0 Å². The Morgan fingerprint density at radius 2 is 2.22 bits per heavy atom. The molecule has 18 heavy (non-hydrogen) atoms. The van der Waals surface area contributed by atoms with E-state index in [1.807, 2.05) is 4.90 Å². The van der Waals surface area contributed by atoms with Gasteiger partial charge >= 0.3 is 5.97 Å². The molecule has 0 saturated carbocycles. The molecule has 2 rings (SSSR count). The van der Waals surface area contributed by atoms with E-state index >= 15 is 0 Å². The van der Waals surface area contributed by atoms with Crippen LogP contribution in [0.3, 0.4) is 0 Å². The molecule has 0 spiro atoms. The number of carbonyl (C=O) groups excluding carboxylic acids is 1. The van der Waals surface area contributed by atoms with Gasteiger partial charge in [0, 0.05) is 13.1 Å². The zero-order chi connectivity index (χ0) is 13.0. The van der Waals surface area contributed by atoms with Gasteiger partial charge in [0.25, 0.3) is 5.95 Å². The monoisotopic (exact) mass is 255 g/mol. The zero-order valence-corrected chi connectivity index (χ0v) is 10.6. The molecule has 0 aliphatic carbocycles. The van der Waals surface area contributed by atoms with Gasteiger partial charge in [-0.25, -0.2) is 0 Å². The fraction of sp³-hybridized carbons (Fsp3) is 0.727. The van der Waals surface area contributed by atoms with Crippen LogP contribution < -0.4 is 4.90 Å². The van der Waals surface area contributed by atoms with E-state index in [9.17, 15) is 4.79 Å². The second-order valence-electron chi connectivity index (χ2n) is 4.01. The van der Waals surface area contributed by atoms with Crippen LogP contribution in [-0.4, -0.2) is 49.0 Å². The highest BCUT2D eigenvalue weighted by atomic mass is 16.5. The maximum atomic E-state index is 11.5. The first-order valence-corrected chi connectivity index (χ1v) is 6.05. The van der Waals surface area contributed by atoms with E-state index in [0.29, 0.717) is 25.8 Å². The Bertz CT molecular complexity index is 401. The molecule has 100 valence electrons. The average molecular weight is 255 g/mol. The lowest BCUT2D eigenvalue weighted by Crippen LogP contribution is -2.36. The molecule has 1 aromatic heterocycles. The van der Waals surface area contributed by atoms with E-state index in [2.05, 4.69) is 10.1 Å². The third-order valence-corrected chi connectivity index (χ3v) is 2.74. The van der Waals surface area contributed by atoms with Crippen LogP contribution in [0.5, 0.6) is 0 Å². The molecule has 0 amide bonds. The van der Waals surface area contributed by atoms with Crippen LogP contribution >= 0.6 is 0 Å². The summed E-state index contributed by atoms with van der Waals surface area (Å²) >= 11 is 0. The Hall–Kier alpha value is -1.63. The van der Waals surface area contributed by atoms with Crippen molar-refractivity contribution < 1.29 is 18.8 Å². The summed E-state index contributed by atoms with van der Waals surface area (Å²) in [4.78, 5) is 17.7.